The number of hydrogen-bond donors (Lipinski definition) is 1. The molecular formula is C28H34N6O2. The lowest BCUT2D eigenvalue weighted by atomic mass is 9.86. The van der Waals surface area contributed by atoms with Gasteiger partial charge in [-0.2, -0.15) is 0 Å². The number of likely N-dealkylation sites (tertiary alicyclic amines) is 2. The van der Waals surface area contributed by atoms with Crippen LogP contribution >= 0.6 is 0 Å². The van der Waals surface area contributed by atoms with Crippen molar-refractivity contribution >= 4 is 28.7 Å². The second-order valence-electron chi connectivity index (χ2n) is 10.0. The van der Waals surface area contributed by atoms with Gasteiger partial charge in [-0.15, -0.1) is 0 Å². The Balaban J connectivity index is 1.47. The standard InChI is InChI=1S/C28H34N6O2/c1-18(2)27(35)31-22-9-7-21(8-10-22)25-24(23-19(3)29-17-30-26(23)32(25)4)20-11-15-34(16-12-20)28(36)33-13-5-6-14-33/h7-10,17,20H,1,5-6,11-16H2,2-4H3,(H,31,35). The summed E-state index contributed by atoms with van der Waals surface area (Å²) in [5, 5.41) is 3.99. The van der Waals surface area contributed by atoms with E-state index in [1.165, 1.54) is 5.56 Å². The molecule has 1 N–H and O–H groups in total. The lowest BCUT2D eigenvalue weighted by Crippen LogP contribution is -2.45. The van der Waals surface area contributed by atoms with Crippen molar-refractivity contribution in [2.24, 2.45) is 7.05 Å². The minimum Gasteiger partial charge on any atom is -0.328 e. The number of rotatable bonds is 4. The topological polar surface area (TPSA) is 83.4 Å². The number of urea groups is 1. The molecule has 5 rings (SSSR count). The zero-order chi connectivity index (χ0) is 25.4. The van der Waals surface area contributed by atoms with E-state index in [-0.39, 0.29) is 11.9 Å². The van der Waals surface area contributed by atoms with E-state index in [2.05, 4.69) is 33.5 Å². The summed E-state index contributed by atoms with van der Waals surface area (Å²) in [6.45, 7) is 10.7. The lowest BCUT2D eigenvalue weighted by Gasteiger charge is -2.35. The van der Waals surface area contributed by atoms with E-state index >= 15 is 0 Å². The zero-order valence-electron chi connectivity index (χ0n) is 21.4. The first-order valence-electron chi connectivity index (χ1n) is 12.8. The van der Waals surface area contributed by atoms with Crippen molar-refractivity contribution in [3.05, 3.63) is 54.0 Å². The minimum absolute atomic E-state index is 0.186. The van der Waals surface area contributed by atoms with E-state index in [1.54, 1.807) is 13.3 Å². The third-order valence-electron chi connectivity index (χ3n) is 7.55. The Morgan fingerprint density at radius 2 is 1.64 bits per heavy atom. The van der Waals surface area contributed by atoms with Gasteiger partial charge in [-0.1, -0.05) is 18.7 Å². The molecule has 36 heavy (non-hydrogen) atoms. The fourth-order valence-corrected chi connectivity index (χ4v) is 5.60. The molecule has 0 aliphatic carbocycles. The molecule has 188 valence electrons. The Morgan fingerprint density at radius 3 is 2.28 bits per heavy atom. The highest BCUT2D eigenvalue weighted by molar-refractivity contribution is 6.03. The monoisotopic (exact) mass is 486 g/mol. The van der Waals surface area contributed by atoms with E-state index < -0.39 is 0 Å². The van der Waals surface area contributed by atoms with Crippen molar-refractivity contribution in [1.82, 2.24) is 24.3 Å². The first-order valence-corrected chi connectivity index (χ1v) is 12.8. The molecule has 2 fully saturated rings. The molecule has 8 heteroatoms. The summed E-state index contributed by atoms with van der Waals surface area (Å²) >= 11 is 0. The molecule has 8 nitrogen and oxygen atoms in total. The first kappa shape index (κ1) is 24.0. The Kier molecular flexibility index (Phi) is 6.51. The molecule has 2 saturated heterocycles. The quantitative estimate of drug-likeness (QED) is 0.534. The Bertz CT molecular complexity index is 1310. The van der Waals surface area contributed by atoms with Gasteiger partial charge >= 0.3 is 6.03 Å². The molecule has 0 saturated carbocycles. The summed E-state index contributed by atoms with van der Waals surface area (Å²) in [5.74, 6) is 0.119. The lowest BCUT2D eigenvalue weighted by molar-refractivity contribution is -0.112. The molecule has 4 heterocycles. The van der Waals surface area contributed by atoms with Gasteiger partial charge in [0.2, 0.25) is 0 Å². The molecule has 0 spiro atoms. The maximum Gasteiger partial charge on any atom is 0.319 e. The fraction of sp³-hybridized carbons (Fsp3) is 0.429. The molecule has 0 atom stereocenters. The van der Waals surface area contributed by atoms with Crippen molar-refractivity contribution in [2.45, 2.75) is 45.4 Å². The number of aromatic nitrogens is 3. The van der Waals surface area contributed by atoms with Gasteiger partial charge in [0.25, 0.3) is 5.91 Å². The number of carbonyl (C=O) groups is 2. The van der Waals surface area contributed by atoms with Gasteiger partial charge in [0.1, 0.15) is 12.0 Å². The maximum absolute atomic E-state index is 12.9. The smallest absolute Gasteiger partial charge is 0.319 e. The molecule has 1 aromatic carbocycles. The maximum atomic E-state index is 12.9. The van der Waals surface area contributed by atoms with Crippen LogP contribution in [0.5, 0.6) is 0 Å². The predicted molar refractivity (Wildman–Crippen MR) is 142 cm³/mol. The van der Waals surface area contributed by atoms with E-state index in [4.69, 9.17) is 0 Å². The van der Waals surface area contributed by atoms with Crippen molar-refractivity contribution in [3.8, 4) is 11.3 Å². The molecule has 3 amide bonds. The van der Waals surface area contributed by atoms with Crippen molar-refractivity contribution in [3.63, 3.8) is 0 Å². The molecule has 0 radical (unpaired) electrons. The van der Waals surface area contributed by atoms with Crippen molar-refractivity contribution < 1.29 is 9.59 Å². The second-order valence-corrected chi connectivity index (χ2v) is 10.0. The second kappa shape index (κ2) is 9.76. The van der Waals surface area contributed by atoms with E-state index in [0.29, 0.717) is 11.5 Å². The predicted octanol–water partition coefficient (Wildman–Crippen LogP) is 4.85. The van der Waals surface area contributed by atoms with Crippen LogP contribution in [0.25, 0.3) is 22.3 Å². The fourth-order valence-electron chi connectivity index (χ4n) is 5.60. The van der Waals surface area contributed by atoms with E-state index in [0.717, 1.165) is 85.5 Å². The molecule has 0 bridgehead atoms. The van der Waals surface area contributed by atoms with Gasteiger partial charge in [-0.25, -0.2) is 14.8 Å². The number of fused-ring (bicyclic) bond motifs is 1. The van der Waals surface area contributed by atoms with Crippen LogP contribution in [0.2, 0.25) is 0 Å². The number of piperidine rings is 1. The summed E-state index contributed by atoms with van der Waals surface area (Å²) in [6.07, 6.45) is 5.66. The SMILES string of the molecule is C=C(C)C(=O)Nc1ccc(-c2c(C3CCN(C(=O)N4CCCC4)CC3)c3c(C)ncnc3n2C)cc1. The number of nitrogens with one attached hydrogen (secondary N) is 1. The number of amides is 3. The Morgan fingerprint density at radius 1 is 1.00 bits per heavy atom. The van der Waals surface area contributed by atoms with Crippen molar-refractivity contribution in [2.75, 3.05) is 31.5 Å². The number of carbonyl (C=O) groups excluding carboxylic acids is 2. The third kappa shape index (κ3) is 4.36. The average molecular weight is 487 g/mol. The number of benzene rings is 1. The molecular weight excluding hydrogens is 452 g/mol. The molecule has 2 aliphatic rings. The van der Waals surface area contributed by atoms with Gasteiger partial charge in [0, 0.05) is 49.9 Å². The Hall–Kier alpha value is -3.68. The summed E-state index contributed by atoms with van der Waals surface area (Å²) in [4.78, 5) is 38.1. The van der Waals surface area contributed by atoms with E-state index in [9.17, 15) is 9.59 Å². The zero-order valence-corrected chi connectivity index (χ0v) is 21.4. The van der Waals surface area contributed by atoms with Crippen LogP contribution in [0.4, 0.5) is 10.5 Å². The van der Waals surface area contributed by atoms with Crippen LogP contribution in [0.1, 0.15) is 49.8 Å². The largest absolute Gasteiger partial charge is 0.328 e. The third-order valence-corrected chi connectivity index (χ3v) is 7.55. The Labute approximate surface area is 212 Å². The number of aryl methyl sites for hydroxylation is 2. The van der Waals surface area contributed by atoms with Gasteiger partial charge in [-0.3, -0.25) is 4.79 Å². The molecule has 0 unspecified atom stereocenters. The van der Waals surface area contributed by atoms with Crippen LogP contribution in [-0.4, -0.2) is 62.5 Å². The summed E-state index contributed by atoms with van der Waals surface area (Å²) < 4.78 is 2.16. The molecule has 2 aromatic heterocycles. The van der Waals surface area contributed by atoms with Gasteiger partial charge in [0.05, 0.1) is 11.4 Å². The highest BCUT2D eigenvalue weighted by Crippen LogP contribution is 2.42. The van der Waals surface area contributed by atoms with Crippen molar-refractivity contribution in [1.29, 1.82) is 0 Å². The number of nitrogens with zero attached hydrogens (tertiary/aromatic N) is 5. The van der Waals surface area contributed by atoms with E-state index in [1.807, 2.05) is 41.0 Å². The summed E-state index contributed by atoms with van der Waals surface area (Å²) in [5.41, 5.74) is 6.54. The van der Waals surface area contributed by atoms with Gasteiger partial charge in [-0.05, 0) is 68.7 Å². The van der Waals surface area contributed by atoms with Crippen LogP contribution < -0.4 is 5.32 Å². The molecule has 2 aliphatic heterocycles. The van der Waals surface area contributed by atoms with Gasteiger partial charge < -0.3 is 19.7 Å². The van der Waals surface area contributed by atoms with Crippen LogP contribution in [0, 0.1) is 6.92 Å². The average Bonchev–Trinajstić information content (AvgIpc) is 3.52. The first-order chi connectivity index (χ1) is 17.3. The van der Waals surface area contributed by atoms with Gasteiger partial charge in [0.15, 0.2) is 0 Å². The van der Waals surface area contributed by atoms with Crippen LogP contribution in [-0.2, 0) is 11.8 Å². The van der Waals surface area contributed by atoms with Crippen LogP contribution in [0.15, 0.2) is 42.7 Å². The van der Waals surface area contributed by atoms with Crippen LogP contribution in [0.3, 0.4) is 0 Å². The highest BCUT2D eigenvalue weighted by Gasteiger charge is 2.32. The highest BCUT2D eigenvalue weighted by atomic mass is 16.2. The minimum atomic E-state index is -0.186. The molecule has 3 aromatic rings. The normalized spacial score (nSPS) is 16.5. The number of anilines is 1. The summed E-state index contributed by atoms with van der Waals surface area (Å²) in [7, 11) is 2.05. The number of hydrogen-bond acceptors (Lipinski definition) is 4. The summed E-state index contributed by atoms with van der Waals surface area (Å²) in [6, 6.07) is 8.12.